The second-order valence-corrected chi connectivity index (χ2v) is 8.02. The van der Waals surface area contributed by atoms with E-state index in [1.54, 1.807) is 32.0 Å². The van der Waals surface area contributed by atoms with Crippen molar-refractivity contribution >= 4 is 31.7 Å². The first-order chi connectivity index (χ1) is 8.13. The van der Waals surface area contributed by atoms with Gasteiger partial charge in [-0.15, -0.1) is 0 Å². The Labute approximate surface area is 115 Å². The molecule has 7 heteroatoms. The van der Waals surface area contributed by atoms with Crippen molar-refractivity contribution in [2.45, 2.75) is 18.6 Å². The monoisotopic (exact) mass is 334 g/mol. The van der Waals surface area contributed by atoms with E-state index in [2.05, 4.69) is 26.2 Å². The molecule has 100 valence electrons. The van der Waals surface area contributed by atoms with Crippen LogP contribution in [0.3, 0.4) is 0 Å². The maximum Gasteiger partial charge on any atom is 0.269 e. The first kappa shape index (κ1) is 15.1. The summed E-state index contributed by atoms with van der Waals surface area (Å²) < 4.78 is 22.5. The molecule has 0 bridgehead atoms. The number of carbonyl (C=O) groups excluding carboxylic acids is 1. The van der Waals surface area contributed by atoms with Gasteiger partial charge >= 0.3 is 0 Å². The van der Waals surface area contributed by atoms with Crippen molar-refractivity contribution in [2.75, 3.05) is 12.8 Å². The molecule has 1 aromatic rings. The van der Waals surface area contributed by atoms with Crippen molar-refractivity contribution in [3.05, 3.63) is 28.5 Å². The minimum atomic E-state index is -3.23. The maximum absolute atomic E-state index is 11.8. The Kier molecular flexibility index (Phi) is 4.50. The largest absolute Gasteiger partial charge is 0.349 e. The Morgan fingerprint density at radius 1 is 1.44 bits per heavy atom. The maximum atomic E-state index is 11.8. The summed E-state index contributed by atoms with van der Waals surface area (Å²) in [5.41, 5.74) is 0.244. The smallest absolute Gasteiger partial charge is 0.269 e. The van der Waals surface area contributed by atoms with E-state index < -0.39 is 20.5 Å². The van der Waals surface area contributed by atoms with E-state index in [9.17, 15) is 13.2 Å². The van der Waals surface area contributed by atoms with Gasteiger partial charge in [-0.25, -0.2) is 13.4 Å². The Hall–Kier alpha value is -0.950. The van der Waals surface area contributed by atoms with E-state index in [-0.39, 0.29) is 12.2 Å². The first-order valence-electron chi connectivity index (χ1n) is 5.24. The number of rotatable bonds is 4. The van der Waals surface area contributed by atoms with Crippen LogP contribution in [0, 0.1) is 0 Å². The van der Waals surface area contributed by atoms with Crippen molar-refractivity contribution in [3.8, 4) is 0 Å². The molecular weight excluding hydrogens is 320 g/mol. The summed E-state index contributed by atoms with van der Waals surface area (Å²) in [7, 11) is -3.23. The highest BCUT2D eigenvalue weighted by Crippen LogP contribution is 2.13. The zero-order valence-electron chi connectivity index (χ0n) is 10.4. The van der Waals surface area contributed by atoms with E-state index in [4.69, 9.17) is 0 Å². The molecule has 5 nitrogen and oxygen atoms in total. The molecule has 0 aromatic carbocycles. The minimum absolute atomic E-state index is 0.0405. The molecule has 1 aromatic heterocycles. The third-order valence-corrected chi connectivity index (χ3v) is 5.22. The van der Waals surface area contributed by atoms with Crippen LogP contribution in [-0.2, 0) is 9.84 Å². The molecule has 1 N–H and O–H groups in total. The lowest BCUT2D eigenvalue weighted by Gasteiger charge is -2.22. The predicted octanol–water partition coefficient (Wildman–Crippen LogP) is 1.40. The van der Waals surface area contributed by atoms with Crippen LogP contribution in [-0.4, -0.2) is 36.9 Å². The van der Waals surface area contributed by atoms with Gasteiger partial charge in [0, 0.05) is 12.8 Å². The number of nitrogens with one attached hydrogen (secondary N) is 1. The van der Waals surface area contributed by atoms with Crippen LogP contribution < -0.4 is 5.32 Å². The van der Waals surface area contributed by atoms with Gasteiger partial charge in [0.05, 0.1) is 4.75 Å². The van der Waals surface area contributed by atoms with E-state index in [1.807, 2.05) is 0 Å². The standard InChI is InChI=1S/C11H15BrN2O3S/c1-11(2,18(3,16)17)7-13-10(15)8-5-4-6-9(12)14-8/h4-6H,7H2,1-3H3,(H,13,15). The highest BCUT2D eigenvalue weighted by atomic mass is 79.9. The zero-order chi connectivity index (χ0) is 14.0. The molecule has 0 aliphatic carbocycles. The number of hydrogen-bond donors (Lipinski definition) is 1. The van der Waals surface area contributed by atoms with Crippen LogP contribution in [0.2, 0.25) is 0 Å². The van der Waals surface area contributed by atoms with Crippen molar-refractivity contribution in [3.63, 3.8) is 0 Å². The molecule has 0 spiro atoms. The van der Waals surface area contributed by atoms with E-state index in [0.29, 0.717) is 4.60 Å². The normalized spacial score (nSPS) is 12.2. The Bertz CT molecular complexity index is 555. The molecule has 0 fully saturated rings. The number of pyridine rings is 1. The molecular formula is C11H15BrN2O3S. The van der Waals surface area contributed by atoms with E-state index in [0.717, 1.165) is 6.26 Å². The number of carbonyl (C=O) groups is 1. The lowest BCUT2D eigenvalue weighted by atomic mass is 10.2. The van der Waals surface area contributed by atoms with Crippen LogP contribution in [0.5, 0.6) is 0 Å². The fourth-order valence-electron chi connectivity index (χ4n) is 1.05. The molecule has 0 saturated heterocycles. The van der Waals surface area contributed by atoms with Gasteiger partial charge in [-0.1, -0.05) is 6.07 Å². The van der Waals surface area contributed by atoms with Crippen molar-refractivity contribution in [1.29, 1.82) is 0 Å². The highest BCUT2D eigenvalue weighted by molar-refractivity contribution is 9.10. The average molecular weight is 335 g/mol. The van der Waals surface area contributed by atoms with Crippen LogP contribution in [0.1, 0.15) is 24.3 Å². The van der Waals surface area contributed by atoms with Crippen molar-refractivity contribution in [2.24, 2.45) is 0 Å². The van der Waals surface area contributed by atoms with Gasteiger partial charge in [-0.05, 0) is 41.9 Å². The summed E-state index contributed by atoms with van der Waals surface area (Å²) in [4.78, 5) is 15.8. The minimum Gasteiger partial charge on any atom is -0.349 e. The highest BCUT2D eigenvalue weighted by Gasteiger charge is 2.30. The average Bonchev–Trinajstić information content (AvgIpc) is 2.24. The fourth-order valence-corrected chi connectivity index (χ4v) is 1.73. The Morgan fingerprint density at radius 2 is 2.06 bits per heavy atom. The van der Waals surface area contributed by atoms with Gasteiger partial charge in [0.15, 0.2) is 9.84 Å². The number of nitrogens with zero attached hydrogens (tertiary/aromatic N) is 1. The predicted molar refractivity (Wildman–Crippen MR) is 73.2 cm³/mol. The van der Waals surface area contributed by atoms with Crippen molar-refractivity contribution in [1.82, 2.24) is 10.3 Å². The Balaban J connectivity index is 2.74. The van der Waals surface area contributed by atoms with Gasteiger partial charge in [-0.2, -0.15) is 0 Å². The summed E-state index contributed by atoms with van der Waals surface area (Å²) in [5.74, 6) is -0.395. The topological polar surface area (TPSA) is 76.1 Å². The van der Waals surface area contributed by atoms with Crippen LogP contribution >= 0.6 is 15.9 Å². The van der Waals surface area contributed by atoms with Crippen molar-refractivity contribution < 1.29 is 13.2 Å². The second-order valence-electron chi connectivity index (χ2n) is 4.56. The summed E-state index contributed by atoms with van der Waals surface area (Å²) in [6.07, 6.45) is 1.15. The number of hydrogen-bond acceptors (Lipinski definition) is 4. The molecule has 0 unspecified atom stereocenters. The van der Waals surface area contributed by atoms with Gasteiger partial charge in [0.2, 0.25) is 0 Å². The van der Waals surface area contributed by atoms with Crippen LogP contribution in [0.25, 0.3) is 0 Å². The van der Waals surface area contributed by atoms with E-state index in [1.165, 1.54) is 0 Å². The lowest BCUT2D eigenvalue weighted by Crippen LogP contribution is -2.43. The molecule has 0 saturated carbocycles. The van der Waals surface area contributed by atoms with Crippen LogP contribution in [0.15, 0.2) is 22.8 Å². The number of sulfone groups is 1. The summed E-state index contributed by atoms with van der Waals surface area (Å²) >= 11 is 3.17. The second kappa shape index (κ2) is 5.36. The Morgan fingerprint density at radius 3 is 2.56 bits per heavy atom. The van der Waals surface area contributed by atoms with Gasteiger partial charge in [0.1, 0.15) is 10.3 Å². The molecule has 18 heavy (non-hydrogen) atoms. The van der Waals surface area contributed by atoms with Gasteiger partial charge in [-0.3, -0.25) is 4.79 Å². The first-order valence-corrected chi connectivity index (χ1v) is 7.92. The van der Waals surface area contributed by atoms with E-state index >= 15 is 0 Å². The summed E-state index contributed by atoms with van der Waals surface area (Å²) in [5, 5.41) is 2.57. The molecule has 1 rings (SSSR count). The quantitative estimate of drug-likeness (QED) is 0.844. The summed E-state index contributed by atoms with van der Waals surface area (Å²) in [6.45, 7) is 3.17. The fraction of sp³-hybridized carbons (Fsp3) is 0.455. The third-order valence-electron chi connectivity index (χ3n) is 2.63. The van der Waals surface area contributed by atoms with Gasteiger partial charge < -0.3 is 5.32 Å². The molecule has 1 heterocycles. The molecule has 1 amide bonds. The number of aromatic nitrogens is 1. The number of amides is 1. The lowest BCUT2D eigenvalue weighted by molar-refractivity contribution is 0.0945. The molecule has 0 aliphatic heterocycles. The zero-order valence-corrected chi connectivity index (χ0v) is 12.8. The van der Waals surface area contributed by atoms with Crippen LogP contribution in [0.4, 0.5) is 0 Å². The SMILES string of the molecule is CC(C)(CNC(=O)c1cccc(Br)n1)S(C)(=O)=O. The molecule has 0 atom stereocenters. The number of halogens is 1. The molecule has 0 radical (unpaired) electrons. The van der Waals surface area contributed by atoms with Gasteiger partial charge in [0.25, 0.3) is 5.91 Å². The molecule has 0 aliphatic rings. The third kappa shape index (κ3) is 3.78. The summed E-state index contributed by atoms with van der Waals surface area (Å²) in [6, 6.07) is 4.96.